The van der Waals surface area contributed by atoms with E-state index < -0.39 is 0 Å². The predicted octanol–water partition coefficient (Wildman–Crippen LogP) is -2.79. The van der Waals surface area contributed by atoms with Crippen LogP contribution < -0.4 is 10.9 Å². The molecule has 0 saturated heterocycles. The first kappa shape index (κ1) is 16.0. The van der Waals surface area contributed by atoms with E-state index in [9.17, 15) is 0 Å². The molecular formula is C2H6Ca2N4. The van der Waals surface area contributed by atoms with Gasteiger partial charge in [0.15, 0.2) is 12.4 Å². The van der Waals surface area contributed by atoms with Gasteiger partial charge in [0.05, 0.1) is 0 Å². The summed E-state index contributed by atoms with van der Waals surface area (Å²) in [5, 5.41) is 15.2. The van der Waals surface area contributed by atoms with Crippen molar-refractivity contribution in [3.63, 3.8) is 0 Å². The van der Waals surface area contributed by atoms with Gasteiger partial charge >= 0.3 is 75.5 Å². The van der Waals surface area contributed by atoms with E-state index in [4.69, 9.17) is 10.5 Å². The molecule has 0 amide bonds. The summed E-state index contributed by atoms with van der Waals surface area (Å²) >= 11 is 0. The van der Waals surface area contributed by atoms with Crippen molar-refractivity contribution in [2.75, 3.05) is 0 Å². The molecule has 0 rings (SSSR count). The Labute approximate surface area is 107 Å². The zero-order valence-electron chi connectivity index (χ0n) is 2.89. The van der Waals surface area contributed by atoms with Crippen LogP contribution in [0.3, 0.4) is 0 Å². The molecule has 0 fully saturated rings. The first-order chi connectivity index (χ1) is 2.91. The first-order valence-corrected chi connectivity index (χ1v) is 1.20. The number of nitrogens with zero attached hydrogens (tertiary/aromatic N) is 2. The first-order valence-electron chi connectivity index (χ1n) is 1.20. The fraction of sp³-hybridized carbons (Fsp3) is 0. The molecule has 0 aromatic rings. The summed E-state index contributed by atoms with van der Waals surface area (Å²) in [6.45, 7) is 0. The summed E-state index contributed by atoms with van der Waals surface area (Å²) in [6, 6.07) is 0. The van der Waals surface area contributed by atoms with E-state index >= 15 is 0 Å². The zero-order valence-corrected chi connectivity index (χ0v) is 2.89. The molecule has 0 spiro atoms. The van der Waals surface area contributed by atoms with Gasteiger partial charge in [0.25, 0.3) is 0 Å². The van der Waals surface area contributed by atoms with Crippen LogP contribution in [0.25, 0.3) is 0 Å². The standard InChI is InChI=1S/C2H2N4.2Ca.4H/c3-1-5-6-2-4;;;;;;/h5-6H;;;;;;. The summed E-state index contributed by atoms with van der Waals surface area (Å²) in [7, 11) is 0. The van der Waals surface area contributed by atoms with Gasteiger partial charge in [-0.3, -0.25) is 0 Å². The van der Waals surface area contributed by atoms with Crippen molar-refractivity contribution in [2.24, 2.45) is 0 Å². The van der Waals surface area contributed by atoms with Gasteiger partial charge in [-0.25, -0.2) is 10.9 Å². The molecule has 6 heteroatoms. The molecule has 0 radical (unpaired) electrons. The van der Waals surface area contributed by atoms with Crippen molar-refractivity contribution in [1.82, 2.24) is 10.9 Å². The third kappa shape index (κ3) is 15.7. The second kappa shape index (κ2) is 15.7. The molecule has 0 bridgehead atoms. The molecule has 0 aliphatic carbocycles. The normalized spacial score (nSPS) is 3.25. The van der Waals surface area contributed by atoms with Gasteiger partial charge in [-0.2, -0.15) is 10.5 Å². The number of hydrogen-bond donors (Lipinski definition) is 2. The quantitative estimate of drug-likeness (QED) is 0.145. The Hall–Kier alpha value is 1.10. The third-order valence-corrected chi connectivity index (χ3v) is 0.174. The molecule has 4 nitrogen and oxygen atoms in total. The summed E-state index contributed by atoms with van der Waals surface area (Å²) in [4.78, 5) is 0. The van der Waals surface area contributed by atoms with Crippen molar-refractivity contribution >= 4 is 75.5 Å². The van der Waals surface area contributed by atoms with E-state index in [1.54, 1.807) is 0 Å². The van der Waals surface area contributed by atoms with Gasteiger partial charge in [-0.15, -0.1) is 0 Å². The topological polar surface area (TPSA) is 71.6 Å². The van der Waals surface area contributed by atoms with E-state index in [0.29, 0.717) is 0 Å². The van der Waals surface area contributed by atoms with Crippen LogP contribution in [0.5, 0.6) is 0 Å². The van der Waals surface area contributed by atoms with Crippen molar-refractivity contribution < 1.29 is 0 Å². The van der Waals surface area contributed by atoms with Crippen molar-refractivity contribution in [3.8, 4) is 12.4 Å². The van der Waals surface area contributed by atoms with Crippen LogP contribution in [-0.2, 0) is 0 Å². The Bertz CT molecular complexity index is 85.6. The van der Waals surface area contributed by atoms with Crippen LogP contribution in [0.4, 0.5) is 0 Å². The number of nitrogens with one attached hydrogen (secondary N) is 2. The number of hydrogen-bond acceptors (Lipinski definition) is 4. The average Bonchev–Trinajstić information content (AvgIpc) is 1.61. The molecule has 0 heterocycles. The summed E-state index contributed by atoms with van der Waals surface area (Å²) in [5.74, 6) is 0. The van der Waals surface area contributed by atoms with Gasteiger partial charge in [0, 0.05) is 0 Å². The van der Waals surface area contributed by atoms with Gasteiger partial charge in [-0.1, -0.05) is 0 Å². The summed E-state index contributed by atoms with van der Waals surface area (Å²) in [6.07, 6.45) is 2.97. The van der Waals surface area contributed by atoms with E-state index in [-0.39, 0.29) is 75.5 Å². The minimum absolute atomic E-state index is 0. The SMILES string of the molecule is N#CNNC#N.[CaH2].[CaH2]. The molecule has 0 atom stereocenters. The van der Waals surface area contributed by atoms with Crippen LogP contribution in [0.15, 0.2) is 0 Å². The Morgan fingerprint density at radius 2 is 1.12 bits per heavy atom. The van der Waals surface area contributed by atoms with E-state index in [1.807, 2.05) is 10.9 Å². The second-order valence-electron chi connectivity index (χ2n) is 0.474. The Balaban J connectivity index is -0.000000125. The zero-order chi connectivity index (χ0) is 4.83. The van der Waals surface area contributed by atoms with E-state index in [1.165, 1.54) is 12.4 Å². The van der Waals surface area contributed by atoms with Gasteiger partial charge < -0.3 is 0 Å². The maximum absolute atomic E-state index is 7.62. The molecule has 0 aliphatic heterocycles. The molecule has 0 aromatic carbocycles. The fourth-order valence-electron chi connectivity index (χ4n) is 0.0559. The number of hydrazine groups is 1. The van der Waals surface area contributed by atoms with Gasteiger partial charge in [0.1, 0.15) is 0 Å². The van der Waals surface area contributed by atoms with Crippen LogP contribution >= 0.6 is 0 Å². The second-order valence-corrected chi connectivity index (χ2v) is 0.474. The minimum atomic E-state index is 0. The van der Waals surface area contributed by atoms with Crippen LogP contribution in [-0.4, -0.2) is 75.5 Å². The fourth-order valence-corrected chi connectivity index (χ4v) is 0.0559. The van der Waals surface area contributed by atoms with Crippen molar-refractivity contribution in [3.05, 3.63) is 0 Å². The Morgan fingerprint density at radius 3 is 1.25 bits per heavy atom. The van der Waals surface area contributed by atoms with E-state index in [2.05, 4.69) is 0 Å². The maximum atomic E-state index is 7.62. The van der Waals surface area contributed by atoms with Crippen molar-refractivity contribution in [2.45, 2.75) is 0 Å². The molecule has 0 aliphatic rings. The van der Waals surface area contributed by atoms with Crippen LogP contribution in [0.1, 0.15) is 0 Å². The number of nitriles is 2. The molecule has 8 heavy (non-hydrogen) atoms. The van der Waals surface area contributed by atoms with E-state index in [0.717, 1.165) is 0 Å². The van der Waals surface area contributed by atoms with Crippen LogP contribution in [0, 0.1) is 22.9 Å². The molecular weight excluding hydrogens is 160 g/mol. The molecule has 0 saturated carbocycles. The van der Waals surface area contributed by atoms with Crippen LogP contribution in [0.2, 0.25) is 0 Å². The molecule has 0 unspecified atom stereocenters. The Morgan fingerprint density at radius 1 is 0.875 bits per heavy atom. The predicted molar refractivity (Wildman–Crippen MR) is 34.6 cm³/mol. The molecule has 2 N–H and O–H groups in total. The monoisotopic (exact) mass is 166 g/mol. The molecule has 38 valence electrons. The average molecular weight is 166 g/mol. The summed E-state index contributed by atoms with van der Waals surface area (Å²) < 4.78 is 0. The van der Waals surface area contributed by atoms with Crippen molar-refractivity contribution in [1.29, 1.82) is 10.5 Å². The van der Waals surface area contributed by atoms with Gasteiger partial charge in [-0.05, 0) is 0 Å². The van der Waals surface area contributed by atoms with Gasteiger partial charge in [0.2, 0.25) is 0 Å². The third-order valence-electron chi connectivity index (χ3n) is 0.174. The summed E-state index contributed by atoms with van der Waals surface area (Å²) in [5.41, 5.74) is 3.78. The number of rotatable bonds is 1. The Kier molecular flexibility index (Phi) is 31.5. The molecule has 0 aromatic heterocycles.